The van der Waals surface area contributed by atoms with Crippen LogP contribution in [0.15, 0.2) is 73.1 Å². The zero-order valence-electron chi connectivity index (χ0n) is 21.5. The van der Waals surface area contributed by atoms with Crippen molar-refractivity contribution in [2.24, 2.45) is 5.41 Å². The quantitative estimate of drug-likeness (QED) is 0.228. The molecule has 202 valence electrons. The van der Waals surface area contributed by atoms with Gasteiger partial charge in [-0.2, -0.15) is 4.98 Å². The highest BCUT2D eigenvalue weighted by Crippen LogP contribution is 2.47. The Kier molecular flexibility index (Phi) is 6.39. The average Bonchev–Trinajstić information content (AvgIpc) is 3.80. The van der Waals surface area contributed by atoms with E-state index in [0.29, 0.717) is 53.9 Å². The van der Waals surface area contributed by atoms with Crippen molar-refractivity contribution in [1.29, 1.82) is 0 Å². The SMILES string of the molecule is COc1ccc2c(c1)CNc1c(ncnc1Oc1ccc(NC(=O)C3(C(=O)Nc4ccc(F)cc4)CC3)cc1)N2. The third-order valence-electron chi connectivity index (χ3n) is 6.88. The maximum atomic E-state index is 13.2. The lowest BCUT2D eigenvalue weighted by Crippen LogP contribution is -2.35. The standard InChI is InChI=1S/C29H25FN6O4/c1-39-22-10-11-23-17(14-22)15-31-24-25(36-23)32-16-33-26(24)40-21-8-6-20(7-9-21)35-28(38)29(12-13-29)27(37)34-19-4-2-18(30)3-5-19/h2-11,14,16,31H,12-13,15H2,1H3,(H,34,37)(H,35,38)(H,32,33,36). The van der Waals surface area contributed by atoms with E-state index in [1.54, 1.807) is 31.4 Å². The number of anilines is 5. The molecule has 0 spiro atoms. The molecule has 1 aliphatic heterocycles. The first-order valence-electron chi connectivity index (χ1n) is 12.6. The van der Waals surface area contributed by atoms with Crippen molar-refractivity contribution in [3.8, 4) is 17.4 Å². The van der Waals surface area contributed by atoms with Gasteiger partial charge in [-0.15, -0.1) is 0 Å². The Morgan fingerprint density at radius 1 is 0.900 bits per heavy atom. The van der Waals surface area contributed by atoms with Crippen LogP contribution in [0.2, 0.25) is 0 Å². The van der Waals surface area contributed by atoms with Gasteiger partial charge in [-0.1, -0.05) is 0 Å². The van der Waals surface area contributed by atoms with Gasteiger partial charge in [0, 0.05) is 23.6 Å². The lowest BCUT2D eigenvalue weighted by molar-refractivity contribution is -0.131. The first-order valence-corrected chi connectivity index (χ1v) is 12.6. The number of carbonyl (C=O) groups is 2. The van der Waals surface area contributed by atoms with Crippen molar-refractivity contribution in [3.05, 3.63) is 84.4 Å². The summed E-state index contributed by atoms with van der Waals surface area (Å²) in [7, 11) is 1.62. The third kappa shape index (κ3) is 4.96. The second-order valence-corrected chi connectivity index (χ2v) is 9.53. The van der Waals surface area contributed by atoms with Gasteiger partial charge < -0.3 is 30.7 Å². The van der Waals surface area contributed by atoms with Crippen LogP contribution in [0, 0.1) is 11.2 Å². The molecule has 4 N–H and O–H groups in total. The second-order valence-electron chi connectivity index (χ2n) is 9.53. The zero-order valence-corrected chi connectivity index (χ0v) is 21.5. The minimum absolute atomic E-state index is 0.337. The molecular formula is C29H25FN6O4. The largest absolute Gasteiger partial charge is 0.497 e. The highest BCUT2D eigenvalue weighted by Gasteiger charge is 2.56. The van der Waals surface area contributed by atoms with E-state index in [0.717, 1.165) is 17.0 Å². The molecule has 1 fully saturated rings. The van der Waals surface area contributed by atoms with E-state index < -0.39 is 23.0 Å². The molecule has 2 aliphatic rings. The highest BCUT2D eigenvalue weighted by atomic mass is 19.1. The Morgan fingerprint density at radius 2 is 1.55 bits per heavy atom. The van der Waals surface area contributed by atoms with E-state index in [1.807, 2.05) is 18.2 Å². The van der Waals surface area contributed by atoms with Crippen LogP contribution < -0.4 is 30.7 Å². The highest BCUT2D eigenvalue weighted by molar-refractivity contribution is 6.16. The van der Waals surface area contributed by atoms with Gasteiger partial charge in [0.15, 0.2) is 5.82 Å². The fraction of sp³-hybridized carbons (Fsp3) is 0.172. The summed E-state index contributed by atoms with van der Waals surface area (Å²) in [5.74, 6) is 0.952. The lowest BCUT2D eigenvalue weighted by Gasteiger charge is -2.16. The molecule has 0 saturated heterocycles. The number of ether oxygens (including phenoxy) is 2. The molecule has 6 rings (SSSR count). The summed E-state index contributed by atoms with van der Waals surface area (Å²) >= 11 is 0. The number of methoxy groups -OCH3 is 1. The van der Waals surface area contributed by atoms with Crippen molar-refractivity contribution in [2.45, 2.75) is 19.4 Å². The molecule has 1 aromatic heterocycles. The van der Waals surface area contributed by atoms with Crippen molar-refractivity contribution in [3.63, 3.8) is 0 Å². The molecule has 1 saturated carbocycles. The molecule has 0 bridgehead atoms. The average molecular weight is 541 g/mol. The summed E-state index contributed by atoms with van der Waals surface area (Å²) in [6.07, 6.45) is 2.28. The van der Waals surface area contributed by atoms with Gasteiger partial charge >= 0.3 is 0 Å². The van der Waals surface area contributed by atoms with Crippen molar-refractivity contribution in [1.82, 2.24) is 9.97 Å². The number of nitrogens with zero attached hydrogens (tertiary/aromatic N) is 2. The Labute approximate surface area is 229 Å². The number of aromatic nitrogens is 2. The van der Waals surface area contributed by atoms with Gasteiger partial charge in [-0.05, 0) is 85.1 Å². The van der Waals surface area contributed by atoms with Gasteiger partial charge in [0.1, 0.15) is 34.7 Å². The minimum Gasteiger partial charge on any atom is -0.497 e. The summed E-state index contributed by atoms with van der Waals surface area (Å²) in [4.78, 5) is 34.4. The normalized spacial score (nSPS) is 14.2. The van der Waals surface area contributed by atoms with E-state index in [2.05, 4.69) is 31.2 Å². The van der Waals surface area contributed by atoms with E-state index in [-0.39, 0.29) is 0 Å². The number of fused-ring (bicyclic) bond motifs is 2. The van der Waals surface area contributed by atoms with E-state index in [1.165, 1.54) is 30.6 Å². The Morgan fingerprint density at radius 3 is 2.20 bits per heavy atom. The first kappa shape index (κ1) is 25.1. The summed E-state index contributed by atoms with van der Waals surface area (Å²) in [6.45, 7) is 0.512. The molecule has 10 nitrogen and oxygen atoms in total. The van der Waals surface area contributed by atoms with Crippen LogP contribution in [-0.4, -0.2) is 28.9 Å². The van der Waals surface area contributed by atoms with Gasteiger partial charge in [0.2, 0.25) is 17.7 Å². The molecule has 2 amide bonds. The number of amides is 2. The lowest BCUT2D eigenvalue weighted by atomic mass is 10.0. The Bertz CT molecular complexity index is 1590. The third-order valence-corrected chi connectivity index (χ3v) is 6.88. The van der Waals surface area contributed by atoms with Crippen LogP contribution in [0.5, 0.6) is 17.4 Å². The number of nitrogens with one attached hydrogen (secondary N) is 4. The molecule has 0 radical (unpaired) electrons. The van der Waals surface area contributed by atoms with Gasteiger partial charge in [0.25, 0.3) is 0 Å². The van der Waals surface area contributed by atoms with Crippen molar-refractivity contribution >= 4 is 40.4 Å². The first-order chi connectivity index (χ1) is 19.4. The van der Waals surface area contributed by atoms with Gasteiger partial charge in [-0.3, -0.25) is 9.59 Å². The molecule has 40 heavy (non-hydrogen) atoms. The number of benzene rings is 3. The van der Waals surface area contributed by atoms with E-state index >= 15 is 0 Å². The number of hydrogen-bond acceptors (Lipinski definition) is 8. The summed E-state index contributed by atoms with van der Waals surface area (Å²) < 4.78 is 24.5. The molecule has 0 atom stereocenters. The van der Waals surface area contributed by atoms with E-state index in [4.69, 9.17) is 9.47 Å². The maximum absolute atomic E-state index is 13.2. The fourth-order valence-electron chi connectivity index (χ4n) is 4.41. The van der Waals surface area contributed by atoms with Crippen molar-refractivity contribution in [2.75, 3.05) is 28.4 Å². The van der Waals surface area contributed by atoms with Crippen LogP contribution >= 0.6 is 0 Å². The summed E-state index contributed by atoms with van der Waals surface area (Å²) in [5.41, 5.74) is 2.31. The summed E-state index contributed by atoms with van der Waals surface area (Å²) in [5, 5.41) is 12.2. The predicted molar refractivity (Wildman–Crippen MR) is 147 cm³/mol. The zero-order chi connectivity index (χ0) is 27.7. The maximum Gasteiger partial charge on any atom is 0.248 e. The molecule has 4 aromatic rings. The molecule has 1 aliphatic carbocycles. The second kappa shape index (κ2) is 10.2. The van der Waals surface area contributed by atoms with Crippen molar-refractivity contribution < 1.29 is 23.5 Å². The Balaban J connectivity index is 1.11. The number of halogens is 1. The molecule has 11 heteroatoms. The molecular weight excluding hydrogens is 515 g/mol. The van der Waals surface area contributed by atoms with Crippen LogP contribution in [0.1, 0.15) is 18.4 Å². The van der Waals surface area contributed by atoms with E-state index in [9.17, 15) is 14.0 Å². The molecule has 2 heterocycles. The van der Waals surface area contributed by atoms with Crippen LogP contribution in [-0.2, 0) is 16.1 Å². The predicted octanol–water partition coefficient (Wildman–Crippen LogP) is 5.44. The fourth-order valence-corrected chi connectivity index (χ4v) is 4.41. The monoisotopic (exact) mass is 540 g/mol. The molecule has 3 aromatic carbocycles. The smallest absolute Gasteiger partial charge is 0.248 e. The minimum atomic E-state index is -1.15. The topological polar surface area (TPSA) is 126 Å². The number of carbonyl (C=O) groups excluding carboxylic acids is 2. The summed E-state index contributed by atoms with van der Waals surface area (Å²) in [6, 6.07) is 17.9. The Hall–Kier alpha value is -5.19. The molecule has 0 unspecified atom stereocenters. The van der Waals surface area contributed by atoms with Crippen LogP contribution in [0.4, 0.5) is 33.0 Å². The number of hydrogen-bond donors (Lipinski definition) is 4. The van der Waals surface area contributed by atoms with Gasteiger partial charge in [0.05, 0.1) is 7.11 Å². The number of rotatable bonds is 7. The van der Waals surface area contributed by atoms with Crippen LogP contribution in [0.25, 0.3) is 0 Å². The van der Waals surface area contributed by atoms with Crippen LogP contribution in [0.3, 0.4) is 0 Å². The van der Waals surface area contributed by atoms with Gasteiger partial charge in [-0.25, -0.2) is 9.37 Å².